The van der Waals surface area contributed by atoms with Crippen molar-refractivity contribution in [1.82, 2.24) is 5.32 Å². The number of unbranched alkanes of at least 4 members (excludes halogenated alkanes) is 29. The highest BCUT2D eigenvalue weighted by Crippen LogP contribution is 2.18. The smallest absolute Gasteiger partial charge is 0.306 e. The van der Waals surface area contributed by atoms with Crippen molar-refractivity contribution in [3.63, 3.8) is 0 Å². The van der Waals surface area contributed by atoms with Crippen molar-refractivity contribution in [2.75, 3.05) is 6.61 Å². The molecule has 0 aliphatic carbocycles. The van der Waals surface area contributed by atoms with Crippen LogP contribution in [0.4, 0.5) is 0 Å². The summed E-state index contributed by atoms with van der Waals surface area (Å²) >= 11 is 0. The van der Waals surface area contributed by atoms with Gasteiger partial charge in [-0.05, 0) is 44.9 Å². The molecule has 0 heterocycles. The van der Waals surface area contributed by atoms with Crippen LogP contribution in [0.1, 0.15) is 265 Å². The van der Waals surface area contributed by atoms with E-state index in [2.05, 4.69) is 44.3 Å². The normalized spacial score (nSPS) is 13.4. The molecule has 6 nitrogen and oxygen atoms in total. The number of nitrogens with one attached hydrogen (secondary N) is 1. The number of hydrogen-bond acceptors (Lipinski definition) is 5. The molecule has 3 unspecified atom stereocenters. The van der Waals surface area contributed by atoms with Crippen LogP contribution in [0.3, 0.4) is 0 Å². The number of ether oxygens (including phenoxy) is 1. The largest absolute Gasteiger partial charge is 0.462 e. The van der Waals surface area contributed by atoms with Gasteiger partial charge in [0.1, 0.15) is 6.10 Å². The minimum atomic E-state index is -0.791. The molecule has 3 N–H and O–H groups in total. The van der Waals surface area contributed by atoms with Crippen LogP contribution in [0.15, 0.2) is 24.3 Å². The van der Waals surface area contributed by atoms with Crippen LogP contribution in [-0.2, 0) is 14.3 Å². The third kappa shape index (κ3) is 40.9. The predicted molar refractivity (Wildman–Crippen MR) is 246 cm³/mol. The van der Waals surface area contributed by atoms with Crippen molar-refractivity contribution in [3.8, 4) is 0 Å². The fraction of sp³-hybridized carbons (Fsp3) is 0.882. The quantitative estimate of drug-likeness (QED) is 0.0324. The number of hydrogen-bond donors (Lipinski definition) is 3. The van der Waals surface area contributed by atoms with Gasteiger partial charge in [0.15, 0.2) is 0 Å². The molecular weight excluding hydrogens is 707 g/mol. The Hall–Kier alpha value is -1.66. The van der Waals surface area contributed by atoms with Gasteiger partial charge >= 0.3 is 5.97 Å². The van der Waals surface area contributed by atoms with Gasteiger partial charge in [0.05, 0.1) is 25.2 Å². The first-order valence-electron chi connectivity index (χ1n) is 25.1. The van der Waals surface area contributed by atoms with E-state index in [-0.39, 0.29) is 24.9 Å². The van der Waals surface area contributed by atoms with Crippen LogP contribution in [0.5, 0.6) is 0 Å². The summed E-state index contributed by atoms with van der Waals surface area (Å²) in [5, 5.41) is 23.7. The van der Waals surface area contributed by atoms with E-state index in [1.165, 1.54) is 167 Å². The maximum absolute atomic E-state index is 13.1. The highest BCUT2D eigenvalue weighted by atomic mass is 16.5. The third-order valence-electron chi connectivity index (χ3n) is 11.5. The number of carbonyl (C=O) groups is 2. The van der Waals surface area contributed by atoms with Gasteiger partial charge in [0, 0.05) is 6.42 Å². The minimum Gasteiger partial charge on any atom is -0.462 e. The van der Waals surface area contributed by atoms with Gasteiger partial charge in [-0.25, -0.2) is 0 Å². The Labute approximate surface area is 354 Å². The van der Waals surface area contributed by atoms with E-state index >= 15 is 0 Å². The van der Waals surface area contributed by atoms with Gasteiger partial charge in [-0.1, -0.05) is 231 Å². The monoisotopic (exact) mass is 804 g/mol. The average molecular weight is 804 g/mol. The Morgan fingerprint density at radius 1 is 0.509 bits per heavy atom. The fourth-order valence-electron chi connectivity index (χ4n) is 7.72. The first kappa shape index (κ1) is 55.3. The summed E-state index contributed by atoms with van der Waals surface area (Å²) in [6, 6.07) is -0.706. The molecule has 0 aliphatic rings. The number of esters is 1. The molecule has 0 aromatic heterocycles. The van der Waals surface area contributed by atoms with E-state index < -0.39 is 18.2 Å². The maximum atomic E-state index is 13.1. The lowest BCUT2D eigenvalue weighted by Crippen LogP contribution is -2.46. The van der Waals surface area contributed by atoms with Crippen LogP contribution in [0.2, 0.25) is 0 Å². The lowest BCUT2D eigenvalue weighted by Gasteiger charge is -2.24. The Bertz CT molecular complexity index is 904. The Morgan fingerprint density at radius 2 is 0.895 bits per heavy atom. The molecule has 3 atom stereocenters. The van der Waals surface area contributed by atoms with E-state index in [1.807, 2.05) is 6.08 Å². The first-order valence-corrected chi connectivity index (χ1v) is 25.1. The van der Waals surface area contributed by atoms with E-state index in [0.29, 0.717) is 25.7 Å². The zero-order valence-electron chi connectivity index (χ0n) is 38.2. The summed E-state index contributed by atoms with van der Waals surface area (Å²) in [5.74, 6) is -0.548. The molecular formula is C51H97NO5. The zero-order chi connectivity index (χ0) is 41.7. The molecule has 0 rings (SSSR count). The third-order valence-corrected chi connectivity index (χ3v) is 11.5. The van der Waals surface area contributed by atoms with Crippen LogP contribution >= 0.6 is 0 Å². The summed E-state index contributed by atoms with van der Waals surface area (Å²) < 4.78 is 5.86. The summed E-state index contributed by atoms with van der Waals surface area (Å²) in [6.45, 7) is 6.45. The number of rotatable bonds is 45. The number of carbonyl (C=O) groups excluding carboxylic acids is 2. The highest BCUT2D eigenvalue weighted by molar-refractivity contribution is 5.77. The van der Waals surface area contributed by atoms with Crippen molar-refractivity contribution in [2.24, 2.45) is 0 Å². The number of allylic oxidation sites excluding steroid dienone is 4. The number of aliphatic hydroxyl groups excluding tert-OH is 2. The molecule has 336 valence electrons. The Morgan fingerprint density at radius 3 is 1.33 bits per heavy atom. The van der Waals surface area contributed by atoms with Gasteiger partial charge in [0.2, 0.25) is 5.91 Å². The SMILES string of the molecule is CCCCCCCC/C=C\C/C=C/CCC(=O)OC(CCCCCCCCCC)CC(=O)NC(CO)C(O)CCCCCCCCCCCCCCCCCCC. The van der Waals surface area contributed by atoms with Crippen LogP contribution in [0, 0.1) is 0 Å². The second-order valence-electron chi connectivity index (χ2n) is 17.2. The van der Waals surface area contributed by atoms with Crippen molar-refractivity contribution < 1.29 is 24.5 Å². The van der Waals surface area contributed by atoms with Crippen molar-refractivity contribution in [2.45, 2.75) is 283 Å². The van der Waals surface area contributed by atoms with Crippen LogP contribution < -0.4 is 5.32 Å². The predicted octanol–water partition coefficient (Wildman–Crippen LogP) is 14.7. The lowest BCUT2D eigenvalue weighted by molar-refractivity contribution is -0.150. The van der Waals surface area contributed by atoms with E-state index in [1.54, 1.807) is 0 Å². The van der Waals surface area contributed by atoms with Crippen molar-refractivity contribution in [1.29, 1.82) is 0 Å². The fourth-order valence-corrected chi connectivity index (χ4v) is 7.72. The summed E-state index contributed by atoms with van der Waals surface area (Å²) in [4.78, 5) is 25.9. The summed E-state index contributed by atoms with van der Waals surface area (Å²) in [6.07, 6.45) is 51.1. The molecule has 0 aliphatic heterocycles. The second kappa shape index (κ2) is 45.4. The summed E-state index contributed by atoms with van der Waals surface area (Å²) in [5.41, 5.74) is 0. The molecule has 57 heavy (non-hydrogen) atoms. The average Bonchev–Trinajstić information content (AvgIpc) is 3.20. The molecule has 6 heteroatoms. The van der Waals surface area contributed by atoms with E-state index in [0.717, 1.165) is 44.9 Å². The standard InChI is InChI=1S/C51H97NO5/c1-4-7-10-13-16-19-21-23-24-25-26-28-29-31-34-37-40-43-49(54)48(46-53)52-50(55)45-47(42-39-36-33-18-15-12-9-6-3)57-51(56)44-41-38-35-32-30-27-22-20-17-14-11-8-5-2/h27,30,35,38,47-49,53-54H,4-26,28-29,31-34,36-37,39-46H2,1-3H3,(H,52,55)/b30-27-,38-35+. The maximum Gasteiger partial charge on any atom is 0.306 e. The van der Waals surface area contributed by atoms with Gasteiger partial charge in [-0.3, -0.25) is 9.59 Å². The van der Waals surface area contributed by atoms with Gasteiger partial charge < -0.3 is 20.3 Å². The minimum absolute atomic E-state index is 0.0593. The van der Waals surface area contributed by atoms with Crippen LogP contribution in [0.25, 0.3) is 0 Å². The molecule has 0 spiro atoms. The molecule has 0 saturated carbocycles. The molecule has 0 aromatic rings. The molecule has 0 fully saturated rings. The number of aliphatic hydroxyl groups is 2. The lowest BCUT2D eigenvalue weighted by atomic mass is 10.0. The second-order valence-corrected chi connectivity index (χ2v) is 17.2. The Balaban J connectivity index is 4.43. The number of amides is 1. The molecule has 1 amide bonds. The van der Waals surface area contributed by atoms with Gasteiger partial charge in [-0.15, -0.1) is 0 Å². The van der Waals surface area contributed by atoms with Crippen molar-refractivity contribution in [3.05, 3.63) is 24.3 Å². The first-order chi connectivity index (χ1) is 28.0. The Kier molecular flexibility index (Phi) is 44.1. The van der Waals surface area contributed by atoms with E-state index in [9.17, 15) is 19.8 Å². The topological polar surface area (TPSA) is 95.9 Å². The molecule has 0 aromatic carbocycles. The zero-order valence-corrected chi connectivity index (χ0v) is 38.2. The van der Waals surface area contributed by atoms with Gasteiger partial charge in [-0.2, -0.15) is 0 Å². The van der Waals surface area contributed by atoms with Gasteiger partial charge in [0.25, 0.3) is 0 Å². The highest BCUT2D eigenvalue weighted by Gasteiger charge is 2.24. The van der Waals surface area contributed by atoms with E-state index in [4.69, 9.17) is 4.74 Å². The molecule has 0 saturated heterocycles. The molecule has 0 radical (unpaired) electrons. The van der Waals surface area contributed by atoms with Crippen LogP contribution in [-0.4, -0.2) is 46.9 Å². The molecule has 0 bridgehead atoms. The summed E-state index contributed by atoms with van der Waals surface area (Å²) in [7, 11) is 0. The van der Waals surface area contributed by atoms with Crippen molar-refractivity contribution >= 4 is 11.9 Å².